The highest BCUT2D eigenvalue weighted by Crippen LogP contribution is 2.22. The van der Waals surface area contributed by atoms with Crippen molar-refractivity contribution < 1.29 is 4.74 Å². The SMILES string of the molecule is CC(C)CCC(C)COc1ccc(-c2ccccc2)cc1. The van der Waals surface area contributed by atoms with E-state index in [0.717, 1.165) is 18.3 Å². The van der Waals surface area contributed by atoms with Crippen LogP contribution in [0.4, 0.5) is 0 Å². The first-order valence-electron chi connectivity index (χ1n) is 7.93. The van der Waals surface area contributed by atoms with Crippen molar-refractivity contribution >= 4 is 0 Å². The van der Waals surface area contributed by atoms with Gasteiger partial charge in [-0.2, -0.15) is 0 Å². The molecule has 112 valence electrons. The molecule has 0 saturated carbocycles. The predicted molar refractivity (Wildman–Crippen MR) is 90.6 cm³/mol. The number of hydrogen-bond acceptors (Lipinski definition) is 1. The molecule has 0 amide bonds. The van der Waals surface area contributed by atoms with Crippen LogP contribution in [0.2, 0.25) is 0 Å². The summed E-state index contributed by atoms with van der Waals surface area (Å²) in [6.45, 7) is 7.61. The number of rotatable bonds is 7. The summed E-state index contributed by atoms with van der Waals surface area (Å²) in [6, 6.07) is 18.8. The van der Waals surface area contributed by atoms with E-state index in [9.17, 15) is 0 Å². The van der Waals surface area contributed by atoms with Crippen LogP contribution in [-0.4, -0.2) is 6.61 Å². The summed E-state index contributed by atoms with van der Waals surface area (Å²) in [5.41, 5.74) is 2.48. The molecular weight excluding hydrogens is 256 g/mol. The Bertz CT molecular complexity index is 513. The molecule has 0 radical (unpaired) electrons. The van der Waals surface area contributed by atoms with Gasteiger partial charge in [-0.25, -0.2) is 0 Å². The molecule has 0 aliphatic carbocycles. The molecule has 2 aromatic carbocycles. The first kappa shape index (κ1) is 15.6. The Morgan fingerprint density at radius 3 is 2.00 bits per heavy atom. The maximum absolute atomic E-state index is 5.89. The Morgan fingerprint density at radius 2 is 1.38 bits per heavy atom. The van der Waals surface area contributed by atoms with Gasteiger partial charge in [0.05, 0.1) is 6.61 Å². The third-order valence-electron chi connectivity index (χ3n) is 3.73. The molecular formula is C20H26O. The fraction of sp³-hybridized carbons (Fsp3) is 0.400. The molecule has 0 saturated heterocycles. The van der Waals surface area contributed by atoms with Crippen molar-refractivity contribution in [1.29, 1.82) is 0 Å². The minimum Gasteiger partial charge on any atom is -0.493 e. The van der Waals surface area contributed by atoms with E-state index in [1.807, 2.05) is 6.07 Å². The minimum absolute atomic E-state index is 0.612. The summed E-state index contributed by atoms with van der Waals surface area (Å²) >= 11 is 0. The Labute approximate surface area is 129 Å². The third-order valence-corrected chi connectivity index (χ3v) is 3.73. The van der Waals surface area contributed by atoms with Crippen molar-refractivity contribution in [2.75, 3.05) is 6.61 Å². The van der Waals surface area contributed by atoms with Gasteiger partial charge < -0.3 is 4.74 Å². The zero-order valence-corrected chi connectivity index (χ0v) is 13.4. The molecule has 21 heavy (non-hydrogen) atoms. The van der Waals surface area contributed by atoms with Gasteiger partial charge in [0.2, 0.25) is 0 Å². The van der Waals surface area contributed by atoms with E-state index in [1.165, 1.54) is 24.0 Å². The molecule has 1 heteroatoms. The normalized spacial score (nSPS) is 12.4. The lowest BCUT2D eigenvalue weighted by molar-refractivity contribution is 0.245. The summed E-state index contributed by atoms with van der Waals surface area (Å²) in [4.78, 5) is 0. The van der Waals surface area contributed by atoms with Gasteiger partial charge in [0.25, 0.3) is 0 Å². The Kier molecular flexibility index (Phi) is 5.86. The molecule has 0 aliphatic rings. The van der Waals surface area contributed by atoms with E-state index in [0.29, 0.717) is 5.92 Å². The zero-order valence-electron chi connectivity index (χ0n) is 13.4. The average molecular weight is 282 g/mol. The molecule has 0 N–H and O–H groups in total. The standard InChI is InChI=1S/C20H26O/c1-16(2)9-10-17(3)15-21-20-13-11-19(12-14-20)18-7-5-4-6-8-18/h4-8,11-14,16-17H,9-10,15H2,1-3H3. The van der Waals surface area contributed by atoms with Gasteiger partial charge in [-0.3, -0.25) is 0 Å². The van der Waals surface area contributed by atoms with Gasteiger partial charge in [0, 0.05) is 0 Å². The smallest absolute Gasteiger partial charge is 0.119 e. The van der Waals surface area contributed by atoms with Gasteiger partial charge in [-0.05, 0) is 41.5 Å². The monoisotopic (exact) mass is 282 g/mol. The Hall–Kier alpha value is -1.76. The number of ether oxygens (including phenoxy) is 1. The van der Waals surface area contributed by atoms with Crippen LogP contribution in [0.25, 0.3) is 11.1 Å². The molecule has 1 nitrogen and oxygen atoms in total. The quantitative estimate of drug-likeness (QED) is 0.623. The van der Waals surface area contributed by atoms with Crippen molar-refractivity contribution in [3.05, 3.63) is 54.6 Å². The van der Waals surface area contributed by atoms with Crippen molar-refractivity contribution in [3.8, 4) is 16.9 Å². The van der Waals surface area contributed by atoms with Crippen LogP contribution in [0.3, 0.4) is 0 Å². The average Bonchev–Trinajstić information content (AvgIpc) is 2.52. The van der Waals surface area contributed by atoms with E-state index in [2.05, 4.69) is 69.3 Å². The van der Waals surface area contributed by atoms with E-state index < -0.39 is 0 Å². The van der Waals surface area contributed by atoms with E-state index in [1.54, 1.807) is 0 Å². The first-order chi connectivity index (χ1) is 10.1. The van der Waals surface area contributed by atoms with Crippen molar-refractivity contribution in [2.45, 2.75) is 33.6 Å². The summed E-state index contributed by atoms with van der Waals surface area (Å²) in [6.07, 6.45) is 2.51. The van der Waals surface area contributed by atoms with Crippen molar-refractivity contribution in [2.24, 2.45) is 11.8 Å². The van der Waals surface area contributed by atoms with Crippen LogP contribution in [0.1, 0.15) is 33.6 Å². The Morgan fingerprint density at radius 1 is 0.762 bits per heavy atom. The lowest BCUT2D eigenvalue weighted by Crippen LogP contribution is -2.09. The largest absolute Gasteiger partial charge is 0.493 e. The van der Waals surface area contributed by atoms with Gasteiger partial charge >= 0.3 is 0 Å². The minimum atomic E-state index is 0.612. The van der Waals surface area contributed by atoms with Crippen LogP contribution in [0.15, 0.2) is 54.6 Å². The molecule has 1 atom stereocenters. The lowest BCUT2D eigenvalue weighted by Gasteiger charge is -2.14. The second-order valence-electron chi connectivity index (χ2n) is 6.28. The van der Waals surface area contributed by atoms with Crippen molar-refractivity contribution in [1.82, 2.24) is 0 Å². The van der Waals surface area contributed by atoms with Crippen LogP contribution >= 0.6 is 0 Å². The lowest BCUT2D eigenvalue weighted by atomic mass is 10.0. The van der Waals surface area contributed by atoms with Crippen molar-refractivity contribution in [3.63, 3.8) is 0 Å². The number of hydrogen-bond donors (Lipinski definition) is 0. The second-order valence-corrected chi connectivity index (χ2v) is 6.28. The summed E-state index contributed by atoms with van der Waals surface area (Å²) in [5.74, 6) is 2.35. The summed E-state index contributed by atoms with van der Waals surface area (Å²) in [5, 5.41) is 0. The number of benzene rings is 2. The predicted octanol–water partition coefficient (Wildman–Crippen LogP) is 5.80. The summed E-state index contributed by atoms with van der Waals surface area (Å²) < 4.78 is 5.89. The highest BCUT2D eigenvalue weighted by Gasteiger charge is 2.05. The molecule has 0 fully saturated rings. The van der Waals surface area contributed by atoms with E-state index >= 15 is 0 Å². The Balaban J connectivity index is 1.85. The highest BCUT2D eigenvalue weighted by molar-refractivity contribution is 5.63. The maximum atomic E-state index is 5.89. The molecule has 0 spiro atoms. The van der Waals surface area contributed by atoms with Gasteiger partial charge in [-0.15, -0.1) is 0 Å². The molecule has 2 aromatic rings. The van der Waals surface area contributed by atoms with Gasteiger partial charge in [0.15, 0.2) is 0 Å². The van der Waals surface area contributed by atoms with Gasteiger partial charge in [-0.1, -0.05) is 69.7 Å². The van der Waals surface area contributed by atoms with Crippen LogP contribution < -0.4 is 4.74 Å². The zero-order chi connectivity index (χ0) is 15.1. The van der Waals surface area contributed by atoms with Crippen LogP contribution in [-0.2, 0) is 0 Å². The van der Waals surface area contributed by atoms with E-state index in [-0.39, 0.29) is 0 Å². The maximum Gasteiger partial charge on any atom is 0.119 e. The fourth-order valence-electron chi connectivity index (χ4n) is 2.31. The summed E-state index contributed by atoms with van der Waals surface area (Å²) in [7, 11) is 0. The molecule has 2 rings (SSSR count). The van der Waals surface area contributed by atoms with Crippen LogP contribution in [0.5, 0.6) is 5.75 Å². The molecule has 0 bridgehead atoms. The molecule has 1 unspecified atom stereocenters. The highest BCUT2D eigenvalue weighted by atomic mass is 16.5. The molecule has 0 aromatic heterocycles. The first-order valence-corrected chi connectivity index (χ1v) is 7.93. The second kappa shape index (κ2) is 7.87. The molecule has 0 aliphatic heterocycles. The fourth-order valence-corrected chi connectivity index (χ4v) is 2.31. The van der Waals surface area contributed by atoms with E-state index in [4.69, 9.17) is 4.74 Å². The van der Waals surface area contributed by atoms with Crippen LogP contribution in [0, 0.1) is 11.8 Å². The molecule has 0 heterocycles. The topological polar surface area (TPSA) is 9.23 Å². The third kappa shape index (κ3) is 5.26. The van der Waals surface area contributed by atoms with Gasteiger partial charge in [0.1, 0.15) is 5.75 Å².